The Kier molecular flexibility index (Phi) is 4.39. The van der Waals surface area contributed by atoms with E-state index < -0.39 is 0 Å². The molecule has 0 aromatic rings. The van der Waals surface area contributed by atoms with Crippen molar-refractivity contribution in [2.75, 3.05) is 18.4 Å². The summed E-state index contributed by atoms with van der Waals surface area (Å²) >= 11 is 3.49. The number of rotatable bonds is 2. The molecule has 0 bridgehead atoms. The van der Waals surface area contributed by atoms with Crippen molar-refractivity contribution in [3.63, 3.8) is 0 Å². The molecule has 1 unspecified atom stereocenters. The highest BCUT2D eigenvalue weighted by Crippen LogP contribution is 2.17. The zero-order valence-corrected chi connectivity index (χ0v) is 7.99. The molecule has 0 spiro atoms. The van der Waals surface area contributed by atoms with E-state index in [1.807, 2.05) is 0 Å². The first-order chi connectivity index (χ1) is 4.93. The van der Waals surface area contributed by atoms with Crippen molar-refractivity contribution in [3.8, 4) is 0 Å². The van der Waals surface area contributed by atoms with Crippen LogP contribution in [0.5, 0.6) is 0 Å². The average molecular weight is 206 g/mol. The van der Waals surface area contributed by atoms with Gasteiger partial charge in [-0.2, -0.15) is 0 Å². The molecule has 0 aromatic heterocycles. The van der Waals surface area contributed by atoms with Crippen LogP contribution < -0.4 is 5.32 Å². The van der Waals surface area contributed by atoms with Crippen molar-refractivity contribution < 1.29 is 0 Å². The second-order valence-corrected chi connectivity index (χ2v) is 3.82. The predicted octanol–water partition coefficient (Wildman–Crippen LogP) is 2.16. The van der Waals surface area contributed by atoms with Gasteiger partial charge in [0.05, 0.1) is 0 Å². The normalized spacial score (nSPS) is 27.9. The van der Waals surface area contributed by atoms with Gasteiger partial charge in [0.25, 0.3) is 0 Å². The maximum Gasteiger partial charge on any atom is 0.00339 e. The van der Waals surface area contributed by atoms with Crippen molar-refractivity contribution in [2.45, 2.75) is 25.7 Å². The molecule has 1 aliphatic heterocycles. The molecular weight excluding hydrogens is 190 g/mol. The van der Waals surface area contributed by atoms with Crippen LogP contribution in [0.25, 0.3) is 0 Å². The molecule has 1 heterocycles. The van der Waals surface area contributed by atoms with Gasteiger partial charge < -0.3 is 5.32 Å². The van der Waals surface area contributed by atoms with Gasteiger partial charge in [-0.05, 0) is 44.7 Å². The molecule has 0 amide bonds. The summed E-state index contributed by atoms with van der Waals surface area (Å²) in [6, 6.07) is 0. The Morgan fingerprint density at radius 1 is 1.30 bits per heavy atom. The third-order valence-electron chi connectivity index (χ3n) is 2.21. The highest BCUT2D eigenvalue weighted by atomic mass is 79.9. The summed E-state index contributed by atoms with van der Waals surface area (Å²) in [5.74, 6) is 0.981. The van der Waals surface area contributed by atoms with E-state index >= 15 is 0 Å². The minimum absolute atomic E-state index is 0.981. The fourth-order valence-electron chi connectivity index (χ4n) is 1.53. The lowest BCUT2D eigenvalue weighted by Crippen LogP contribution is -2.14. The molecule has 1 N–H and O–H groups in total. The van der Waals surface area contributed by atoms with Crippen molar-refractivity contribution in [1.82, 2.24) is 5.32 Å². The van der Waals surface area contributed by atoms with Gasteiger partial charge in [-0.15, -0.1) is 0 Å². The lowest BCUT2D eigenvalue weighted by atomic mass is 9.98. The van der Waals surface area contributed by atoms with Gasteiger partial charge in [-0.3, -0.25) is 0 Å². The lowest BCUT2D eigenvalue weighted by Gasteiger charge is -2.09. The second-order valence-electron chi connectivity index (χ2n) is 3.02. The summed E-state index contributed by atoms with van der Waals surface area (Å²) in [6.45, 7) is 2.47. The SMILES string of the molecule is BrCCC1CCCNCC1. The Morgan fingerprint density at radius 2 is 2.20 bits per heavy atom. The molecule has 1 rings (SSSR count). The molecular formula is C8H16BrN. The highest BCUT2D eigenvalue weighted by Gasteiger charge is 2.09. The lowest BCUT2D eigenvalue weighted by molar-refractivity contribution is 0.462. The predicted molar refractivity (Wildman–Crippen MR) is 48.6 cm³/mol. The summed E-state index contributed by atoms with van der Waals surface area (Å²) in [5.41, 5.74) is 0. The fraction of sp³-hybridized carbons (Fsp3) is 1.00. The number of hydrogen-bond donors (Lipinski definition) is 1. The molecule has 1 aliphatic rings. The Hall–Kier alpha value is 0.440. The molecule has 1 atom stereocenters. The Balaban J connectivity index is 2.15. The number of alkyl halides is 1. The van der Waals surface area contributed by atoms with Crippen molar-refractivity contribution in [3.05, 3.63) is 0 Å². The van der Waals surface area contributed by atoms with Crippen LogP contribution in [-0.2, 0) is 0 Å². The van der Waals surface area contributed by atoms with Crippen molar-refractivity contribution in [1.29, 1.82) is 0 Å². The van der Waals surface area contributed by atoms with Crippen LogP contribution in [-0.4, -0.2) is 18.4 Å². The standard InChI is InChI=1S/C8H16BrN/c9-5-3-8-2-1-6-10-7-4-8/h8,10H,1-7H2. The summed E-state index contributed by atoms with van der Waals surface area (Å²) in [5, 5.41) is 4.60. The van der Waals surface area contributed by atoms with Gasteiger partial charge in [0, 0.05) is 5.33 Å². The van der Waals surface area contributed by atoms with Crippen LogP contribution in [0, 0.1) is 5.92 Å². The van der Waals surface area contributed by atoms with Gasteiger partial charge in [0.1, 0.15) is 0 Å². The van der Waals surface area contributed by atoms with Gasteiger partial charge in [0.15, 0.2) is 0 Å². The van der Waals surface area contributed by atoms with Gasteiger partial charge in [0.2, 0.25) is 0 Å². The van der Waals surface area contributed by atoms with E-state index in [9.17, 15) is 0 Å². The van der Waals surface area contributed by atoms with Crippen LogP contribution in [0.1, 0.15) is 25.7 Å². The molecule has 1 saturated heterocycles. The van der Waals surface area contributed by atoms with E-state index in [4.69, 9.17) is 0 Å². The molecule has 2 heteroatoms. The van der Waals surface area contributed by atoms with Crippen LogP contribution in [0.3, 0.4) is 0 Å². The first kappa shape index (κ1) is 8.54. The molecule has 0 radical (unpaired) electrons. The number of nitrogens with one attached hydrogen (secondary N) is 1. The molecule has 1 nitrogen and oxygen atoms in total. The van der Waals surface area contributed by atoms with E-state index in [2.05, 4.69) is 21.2 Å². The second kappa shape index (κ2) is 5.14. The van der Waals surface area contributed by atoms with E-state index in [-0.39, 0.29) is 0 Å². The van der Waals surface area contributed by atoms with E-state index in [0.717, 1.165) is 5.92 Å². The summed E-state index contributed by atoms with van der Waals surface area (Å²) in [4.78, 5) is 0. The number of halogens is 1. The Bertz CT molecular complexity index is 77.3. The number of hydrogen-bond acceptors (Lipinski definition) is 1. The maximum atomic E-state index is 3.49. The molecule has 0 aromatic carbocycles. The van der Waals surface area contributed by atoms with Crippen LogP contribution in [0.15, 0.2) is 0 Å². The third kappa shape index (κ3) is 3.02. The first-order valence-corrected chi connectivity index (χ1v) is 5.32. The molecule has 0 saturated carbocycles. The molecule has 10 heavy (non-hydrogen) atoms. The van der Waals surface area contributed by atoms with Gasteiger partial charge >= 0.3 is 0 Å². The topological polar surface area (TPSA) is 12.0 Å². The summed E-state index contributed by atoms with van der Waals surface area (Å²) < 4.78 is 0. The minimum Gasteiger partial charge on any atom is -0.317 e. The molecule has 1 fully saturated rings. The monoisotopic (exact) mass is 205 g/mol. The molecule has 60 valence electrons. The summed E-state index contributed by atoms with van der Waals surface area (Å²) in [7, 11) is 0. The minimum atomic E-state index is 0.981. The zero-order valence-electron chi connectivity index (χ0n) is 6.41. The highest BCUT2D eigenvalue weighted by molar-refractivity contribution is 9.09. The van der Waals surface area contributed by atoms with Gasteiger partial charge in [-0.1, -0.05) is 15.9 Å². The fourth-order valence-corrected chi connectivity index (χ4v) is 2.18. The third-order valence-corrected chi connectivity index (χ3v) is 2.67. The van der Waals surface area contributed by atoms with Crippen LogP contribution >= 0.6 is 15.9 Å². The zero-order chi connectivity index (χ0) is 7.23. The van der Waals surface area contributed by atoms with E-state index in [0.29, 0.717) is 0 Å². The summed E-state index contributed by atoms with van der Waals surface area (Å²) in [6.07, 6.45) is 5.55. The van der Waals surface area contributed by atoms with Crippen LogP contribution in [0.2, 0.25) is 0 Å². The van der Waals surface area contributed by atoms with E-state index in [1.54, 1.807) is 0 Å². The Morgan fingerprint density at radius 3 is 3.00 bits per heavy atom. The largest absolute Gasteiger partial charge is 0.317 e. The smallest absolute Gasteiger partial charge is 0.00339 e. The quantitative estimate of drug-likeness (QED) is 0.682. The van der Waals surface area contributed by atoms with Gasteiger partial charge in [-0.25, -0.2) is 0 Å². The van der Waals surface area contributed by atoms with E-state index in [1.165, 1.54) is 44.1 Å². The Labute approximate surface area is 71.7 Å². The average Bonchev–Trinajstić information content (AvgIpc) is 2.17. The van der Waals surface area contributed by atoms with Crippen molar-refractivity contribution >= 4 is 15.9 Å². The van der Waals surface area contributed by atoms with Crippen molar-refractivity contribution in [2.24, 2.45) is 5.92 Å². The first-order valence-electron chi connectivity index (χ1n) is 4.20. The molecule has 0 aliphatic carbocycles. The maximum absolute atomic E-state index is 3.49. The van der Waals surface area contributed by atoms with Crippen LogP contribution in [0.4, 0.5) is 0 Å².